The molecule has 24 heavy (non-hydrogen) atoms. The van der Waals surface area contributed by atoms with Gasteiger partial charge in [-0.3, -0.25) is 4.79 Å². The summed E-state index contributed by atoms with van der Waals surface area (Å²) in [5, 5.41) is 5.27. The summed E-state index contributed by atoms with van der Waals surface area (Å²) in [5.74, 6) is 1.12. The van der Waals surface area contributed by atoms with Crippen molar-refractivity contribution in [2.24, 2.45) is 0 Å². The Morgan fingerprint density at radius 2 is 1.71 bits per heavy atom. The van der Waals surface area contributed by atoms with Gasteiger partial charge >= 0.3 is 0 Å². The van der Waals surface area contributed by atoms with Crippen molar-refractivity contribution in [1.29, 1.82) is 0 Å². The molecular formula is C19H16ClNO3. The van der Waals surface area contributed by atoms with E-state index in [0.717, 1.165) is 16.5 Å². The van der Waals surface area contributed by atoms with Crippen LogP contribution in [0.5, 0.6) is 11.5 Å². The van der Waals surface area contributed by atoms with Crippen molar-refractivity contribution in [1.82, 2.24) is 0 Å². The Hall–Kier alpha value is -2.72. The number of benzene rings is 3. The number of halogens is 1. The number of carbonyl (C=O) groups is 1. The minimum atomic E-state index is -0.270. The van der Waals surface area contributed by atoms with Gasteiger partial charge < -0.3 is 14.8 Å². The second kappa shape index (κ2) is 7.23. The van der Waals surface area contributed by atoms with Crippen LogP contribution in [0.2, 0.25) is 5.02 Å². The average molecular weight is 342 g/mol. The molecule has 5 heteroatoms. The van der Waals surface area contributed by atoms with Gasteiger partial charge in [0.1, 0.15) is 11.5 Å². The van der Waals surface area contributed by atoms with E-state index in [1.165, 1.54) is 0 Å². The van der Waals surface area contributed by atoms with Crippen LogP contribution in [0.15, 0.2) is 60.7 Å². The van der Waals surface area contributed by atoms with E-state index in [-0.39, 0.29) is 12.5 Å². The van der Waals surface area contributed by atoms with Crippen molar-refractivity contribution < 1.29 is 14.3 Å². The lowest BCUT2D eigenvalue weighted by Gasteiger charge is -2.09. The molecule has 122 valence electrons. The highest BCUT2D eigenvalue weighted by Gasteiger charge is 2.07. The summed E-state index contributed by atoms with van der Waals surface area (Å²) in [4.78, 5) is 12.0. The van der Waals surface area contributed by atoms with Gasteiger partial charge in [0, 0.05) is 0 Å². The summed E-state index contributed by atoms with van der Waals surface area (Å²) < 4.78 is 10.8. The molecule has 0 bridgehead atoms. The second-order valence-electron chi connectivity index (χ2n) is 5.19. The molecule has 0 aliphatic rings. The Labute approximate surface area is 145 Å². The summed E-state index contributed by atoms with van der Waals surface area (Å²) >= 11 is 6.01. The molecule has 0 heterocycles. The zero-order chi connectivity index (χ0) is 16.9. The van der Waals surface area contributed by atoms with Crippen LogP contribution in [0.4, 0.5) is 5.69 Å². The van der Waals surface area contributed by atoms with Gasteiger partial charge in [0.05, 0.1) is 17.8 Å². The van der Waals surface area contributed by atoms with E-state index in [1.807, 2.05) is 36.4 Å². The Balaban J connectivity index is 1.66. The van der Waals surface area contributed by atoms with Crippen LogP contribution in [0.1, 0.15) is 0 Å². The summed E-state index contributed by atoms with van der Waals surface area (Å²) in [6.07, 6.45) is 0. The number of hydrogen-bond acceptors (Lipinski definition) is 3. The number of ether oxygens (including phenoxy) is 2. The standard InChI is InChI=1S/C19H16ClNO3/c1-23-15-8-6-13-7-9-16(11-14(13)10-15)24-12-19(22)21-18-5-3-2-4-17(18)20/h2-11H,12H2,1H3,(H,21,22). The van der Waals surface area contributed by atoms with E-state index >= 15 is 0 Å². The van der Waals surface area contributed by atoms with Gasteiger partial charge in [-0.1, -0.05) is 35.9 Å². The summed E-state index contributed by atoms with van der Waals surface area (Å²) in [7, 11) is 1.63. The summed E-state index contributed by atoms with van der Waals surface area (Å²) in [6.45, 7) is -0.0965. The number of rotatable bonds is 5. The lowest BCUT2D eigenvalue weighted by atomic mass is 10.1. The maximum Gasteiger partial charge on any atom is 0.262 e. The van der Waals surface area contributed by atoms with Crippen LogP contribution in [-0.2, 0) is 4.79 Å². The molecule has 0 saturated carbocycles. The van der Waals surface area contributed by atoms with Crippen molar-refractivity contribution >= 4 is 34.0 Å². The topological polar surface area (TPSA) is 47.6 Å². The minimum Gasteiger partial charge on any atom is -0.497 e. The molecule has 0 atom stereocenters. The lowest BCUT2D eigenvalue weighted by Crippen LogP contribution is -2.20. The number of methoxy groups -OCH3 is 1. The van der Waals surface area contributed by atoms with E-state index in [0.29, 0.717) is 16.5 Å². The fourth-order valence-corrected chi connectivity index (χ4v) is 2.50. The smallest absolute Gasteiger partial charge is 0.262 e. The van der Waals surface area contributed by atoms with E-state index < -0.39 is 0 Å². The van der Waals surface area contributed by atoms with Gasteiger partial charge in [-0.2, -0.15) is 0 Å². The van der Waals surface area contributed by atoms with Gasteiger partial charge in [-0.25, -0.2) is 0 Å². The molecule has 0 radical (unpaired) electrons. The SMILES string of the molecule is COc1ccc2ccc(OCC(=O)Nc3ccccc3Cl)cc2c1. The van der Waals surface area contributed by atoms with Crippen LogP contribution in [-0.4, -0.2) is 19.6 Å². The largest absolute Gasteiger partial charge is 0.497 e. The highest BCUT2D eigenvalue weighted by atomic mass is 35.5. The molecule has 3 rings (SSSR count). The molecular weight excluding hydrogens is 326 g/mol. The van der Waals surface area contributed by atoms with Gasteiger partial charge in [0.2, 0.25) is 0 Å². The number of amides is 1. The van der Waals surface area contributed by atoms with Crippen LogP contribution in [0.3, 0.4) is 0 Å². The molecule has 0 fully saturated rings. The molecule has 0 aromatic heterocycles. The normalized spacial score (nSPS) is 10.4. The third-order valence-corrected chi connectivity index (χ3v) is 3.87. The quantitative estimate of drug-likeness (QED) is 0.742. The molecule has 3 aromatic rings. The van der Waals surface area contributed by atoms with Crippen molar-refractivity contribution in [2.75, 3.05) is 19.0 Å². The average Bonchev–Trinajstić information content (AvgIpc) is 2.61. The van der Waals surface area contributed by atoms with Gasteiger partial charge in [0.25, 0.3) is 5.91 Å². The lowest BCUT2D eigenvalue weighted by molar-refractivity contribution is -0.118. The first-order valence-corrected chi connectivity index (χ1v) is 7.78. The fraction of sp³-hybridized carbons (Fsp3) is 0.105. The fourth-order valence-electron chi connectivity index (χ4n) is 2.32. The zero-order valence-corrected chi connectivity index (χ0v) is 13.8. The molecule has 3 aromatic carbocycles. The molecule has 0 spiro atoms. The number of carbonyl (C=O) groups excluding carboxylic acids is 1. The maximum atomic E-state index is 12.0. The van der Waals surface area contributed by atoms with E-state index in [2.05, 4.69) is 5.32 Å². The van der Waals surface area contributed by atoms with Gasteiger partial charge in [-0.05, 0) is 47.2 Å². The Kier molecular flexibility index (Phi) is 4.87. The third-order valence-electron chi connectivity index (χ3n) is 3.54. The monoisotopic (exact) mass is 341 g/mol. The number of nitrogens with one attached hydrogen (secondary N) is 1. The summed E-state index contributed by atoms with van der Waals surface area (Å²) in [6, 6.07) is 18.5. The predicted octanol–water partition coefficient (Wildman–Crippen LogP) is 4.52. The first-order valence-electron chi connectivity index (χ1n) is 7.41. The number of hydrogen-bond donors (Lipinski definition) is 1. The molecule has 0 aliphatic carbocycles. The van der Waals surface area contributed by atoms with E-state index in [9.17, 15) is 4.79 Å². The molecule has 0 saturated heterocycles. The number of para-hydroxylation sites is 1. The molecule has 1 N–H and O–H groups in total. The Morgan fingerprint density at radius 3 is 2.46 bits per heavy atom. The van der Waals surface area contributed by atoms with Crippen molar-refractivity contribution in [3.05, 3.63) is 65.7 Å². The van der Waals surface area contributed by atoms with Crippen LogP contribution in [0.25, 0.3) is 10.8 Å². The van der Waals surface area contributed by atoms with Crippen LogP contribution >= 0.6 is 11.6 Å². The van der Waals surface area contributed by atoms with Gasteiger partial charge in [-0.15, -0.1) is 0 Å². The predicted molar refractivity (Wildman–Crippen MR) is 96.1 cm³/mol. The molecule has 0 unspecified atom stereocenters. The molecule has 1 amide bonds. The van der Waals surface area contributed by atoms with Crippen LogP contribution < -0.4 is 14.8 Å². The molecule has 0 aliphatic heterocycles. The number of anilines is 1. The maximum absolute atomic E-state index is 12.0. The molecule has 4 nitrogen and oxygen atoms in total. The number of fused-ring (bicyclic) bond motifs is 1. The van der Waals surface area contributed by atoms with Crippen molar-refractivity contribution in [2.45, 2.75) is 0 Å². The summed E-state index contributed by atoms with van der Waals surface area (Å²) in [5.41, 5.74) is 0.566. The highest BCUT2D eigenvalue weighted by molar-refractivity contribution is 6.33. The van der Waals surface area contributed by atoms with E-state index in [4.69, 9.17) is 21.1 Å². The van der Waals surface area contributed by atoms with Crippen molar-refractivity contribution in [3.63, 3.8) is 0 Å². The Morgan fingerprint density at radius 1 is 1.00 bits per heavy atom. The third kappa shape index (κ3) is 3.78. The zero-order valence-electron chi connectivity index (χ0n) is 13.1. The first-order chi connectivity index (χ1) is 11.7. The highest BCUT2D eigenvalue weighted by Crippen LogP contribution is 2.25. The van der Waals surface area contributed by atoms with Crippen LogP contribution in [0, 0.1) is 0 Å². The minimum absolute atomic E-state index is 0.0965. The van der Waals surface area contributed by atoms with Gasteiger partial charge in [0.15, 0.2) is 6.61 Å². The first kappa shape index (κ1) is 16.1. The van der Waals surface area contributed by atoms with Crippen molar-refractivity contribution in [3.8, 4) is 11.5 Å². The second-order valence-corrected chi connectivity index (χ2v) is 5.60. The van der Waals surface area contributed by atoms with E-state index in [1.54, 1.807) is 31.4 Å². The Bertz CT molecular complexity index is 879.